The fraction of sp³-hybridized carbons (Fsp3) is 0.294. The zero-order valence-electron chi connectivity index (χ0n) is 12.7. The van der Waals surface area contributed by atoms with Crippen molar-refractivity contribution in [2.24, 2.45) is 0 Å². The number of nitrogens with one attached hydrogen (secondary N) is 1. The van der Waals surface area contributed by atoms with Crippen LogP contribution in [-0.2, 0) is 11.2 Å². The number of carbonyl (C=O) groups excluding carboxylic acids is 1. The van der Waals surface area contributed by atoms with Gasteiger partial charge in [0.1, 0.15) is 5.75 Å². The molecular weight excluding hydrogens is 280 g/mol. The van der Waals surface area contributed by atoms with Gasteiger partial charge in [-0.15, -0.1) is 0 Å². The molecule has 1 aromatic heterocycles. The van der Waals surface area contributed by atoms with Gasteiger partial charge in [-0.1, -0.05) is 18.2 Å². The maximum atomic E-state index is 11.9. The Balaban J connectivity index is 1.83. The SMILES string of the molecule is COc1ccc(C(O)CNC(=O)Cc2ccc(C)nc2)cc1. The molecule has 1 atom stereocenters. The number of amides is 1. The van der Waals surface area contributed by atoms with Crippen LogP contribution in [0.4, 0.5) is 0 Å². The normalized spacial score (nSPS) is 11.8. The van der Waals surface area contributed by atoms with Crippen LogP contribution in [0.25, 0.3) is 0 Å². The third-order valence-corrected chi connectivity index (χ3v) is 3.33. The van der Waals surface area contributed by atoms with Crippen LogP contribution in [0.1, 0.15) is 22.9 Å². The molecule has 0 spiro atoms. The topological polar surface area (TPSA) is 71.5 Å². The number of aliphatic hydroxyl groups excluding tert-OH is 1. The van der Waals surface area contributed by atoms with Crippen LogP contribution >= 0.6 is 0 Å². The monoisotopic (exact) mass is 300 g/mol. The van der Waals surface area contributed by atoms with Gasteiger partial charge in [-0.25, -0.2) is 0 Å². The lowest BCUT2D eigenvalue weighted by molar-refractivity contribution is -0.120. The minimum absolute atomic E-state index is 0.141. The minimum Gasteiger partial charge on any atom is -0.497 e. The van der Waals surface area contributed by atoms with E-state index in [-0.39, 0.29) is 18.9 Å². The summed E-state index contributed by atoms with van der Waals surface area (Å²) in [6.07, 6.45) is 1.20. The Kier molecular flexibility index (Phi) is 5.49. The highest BCUT2D eigenvalue weighted by molar-refractivity contribution is 5.78. The van der Waals surface area contributed by atoms with Gasteiger partial charge in [0.25, 0.3) is 0 Å². The summed E-state index contributed by atoms with van der Waals surface area (Å²) < 4.78 is 5.06. The number of nitrogens with zero attached hydrogens (tertiary/aromatic N) is 1. The fourth-order valence-electron chi connectivity index (χ4n) is 2.01. The number of ether oxygens (including phenoxy) is 1. The molecule has 1 unspecified atom stereocenters. The van der Waals surface area contributed by atoms with Crippen LogP contribution in [0.2, 0.25) is 0 Å². The molecule has 0 aliphatic carbocycles. The molecule has 2 rings (SSSR count). The summed E-state index contributed by atoms with van der Waals surface area (Å²) in [5.74, 6) is 0.588. The van der Waals surface area contributed by atoms with Crippen molar-refractivity contribution in [2.45, 2.75) is 19.4 Å². The van der Waals surface area contributed by atoms with E-state index >= 15 is 0 Å². The van der Waals surface area contributed by atoms with Crippen LogP contribution < -0.4 is 10.1 Å². The van der Waals surface area contributed by atoms with Gasteiger partial charge in [-0.2, -0.15) is 0 Å². The molecule has 0 bridgehead atoms. The van der Waals surface area contributed by atoms with Crippen molar-refractivity contribution in [3.63, 3.8) is 0 Å². The molecule has 0 radical (unpaired) electrons. The average Bonchev–Trinajstić information content (AvgIpc) is 2.55. The predicted octanol–water partition coefficient (Wildman–Crippen LogP) is 1.79. The first-order chi connectivity index (χ1) is 10.6. The number of hydrogen-bond acceptors (Lipinski definition) is 4. The summed E-state index contributed by atoms with van der Waals surface area (Å²) in [4.78, 5) is 16.0. The van der Waals surface area contributed by atoms with Gasteiger partial charge in [0, 0.05) is 18.4 Å². The van der Waals surface area contributed by atoms with Crippen LogP contribution in [0.3, 0.4) is 0 Å². The summed E-state index contributed by atoms with van der Waals surface area (Å²) in [6, 6.07) is 10.9. The summed E-state index contributed by atoms with van der Waals surface area (Å²) in [6.45, 7) is 2.07. The van der Waals surface area contributed by atoms with Crippen LogP contribution in [0, 0.1) is 6.92 Å². The van der Waals surface area contributed by atoms with E-state index in [0.717, 1.165) is 22.6 Å². The summed E-state index contributed by atoms with van der Waals surface area (Å²) in [5.41, 5.74) is 2.50. The highest BCUT2D eigenvalue weighted by Crippen LogP contribution is 2.16. The summed E-state index contributed by atoms with van der Waals surface area (Å²) >= 11 is 0. The second kappa shape index (κ2) is 7.56. The van der Waals surface area contributed by atoms with Gasteiger partial charge in [-0.3, -0.25) is 9.78 Å². The fourth-order valence-corrected chi connectivity index (χ4v) is 2.01. The standard InChI is InChI=1S/C17H20N2O3/c1-12-3-4-13(10-18-12)9-17(21)19-11-16(20)14-5-7-15(22-2)8-6-14/h3-8,10,16,20H,9,11H2,1-2H3,(H,19,21). The van der Waals surface area contributed by atoms with Crippen molar-refractivity contribution in [3.05, 3.63) is 59.4 Å². The number of aliphatic hydroxyl groups is 1. The molecule has 0 saturated heterocycles. The number of methoxy groups -OCH3 is 1. The van der Waals surface area contributed by atoms with Crippen LogP contribution in [0.5, 0.6) is 5.75 Å². The number of aromatic nitrogens is 1. The molecule has 22 heavy (non-hydrogen) atoms. The Morgan fingerprint density at radius 3 is 2.59 bits per heavy atom. The molecule has 5 nitrogen and oxygen atoms in total. The Hall–Kier alpha value is -2.40. The minimum atomic E-state index is -0.744. The van der Waals surface area contributed by atoms with E-state index in [4.69, 9.17) is 4.74 Å². The molecule has 0 saturated carbocycles. The number of benzene rings is 1. The quantitative estimate of drug-likeness (QED) is 0.853. The highest BCUT2D eigenvalue weighted by Gasteiger charge is 2.10. The third kappa shape index (κ3) is 4.56. The number of pyridine rings is 1. The van der Waals surface area contributed by atoms with E-state index in [1.165, 1.54) is 0 Å². The molecule has 0 aliphatic rings. The summed E-state index contributed by atoms with van der Waals surface area (Å²) in [5, 5.41) is 12.8. The van der Waals surface area contributed by atoms with Crippen molar-refractivity contribution in [1.29, 1.82) is 0 Å². The first kappa shape index (κ1) is 16.0. The van der Waals surface area contributed by atoms with Gasteiger partial charge in [0.15, 0.2) is 0 Å². The Morgan fingerprint density at radius 2 is 2.00 bits per heavy atom. The molecule has 116 valence electrons. The largest absolute Gasteiger partial charge is 0.497 e. The number of aryl methyl sites for hydroxylation is 1. The average molecular weight is 300 g/mol. The molecule has 1 aromatic carbocycles. The molecular formula is C17H20N2O3. The number of carbonyl (C=O) groups is 1. The lowest BCUT2D eigenvalue weighted by Crippen LogP contribution is -2.29. The Bertz CT molecular complexity index is 609. The third-order valence-electron chi connectivity index (χ3n) is 3.33. The second-order valence-electron chi connectivity index (χ2n) is 5.08. The van der Waals surface area contributed by atoms with E-state index in [9.17, 15) is 9.90 Å². The smallest absolute Gasteiger partial charge is 0.224 e. The van der Waals surface area contributed by atoms with Crippen molar-refractivity contribution in [3.8, 4) is 5.75 Å². The maximum absolute atomic E-state index is 11.9. The molecule has 1 amide bonds. The number of hydrogen-bond donors (Lipinski definition) is 2. The first-order valence-electron chi connectivity index (χ1n) is 7.08. The maximum Gasteiger partial charge on any atom is 0.224 e. The zero-order valence-corrected chi connectivity index (χ0v) is 12.7. The molecule has 0 aliphatic heterocycles. The molecule has 5 heteroatoms. The highest BCUT2D eigenvalue weighted by atomic mass is 16.5. The van der Waals surface area contributed by atoms with Gasteiger partial charge in [0.05, 0.1) is 19.6 Å². The zero-order chi connectivity index (χ0) is 15.9. The lowest BCUT2D eigenvalue weighted by Gasteiger charge is -2.13. The molecule has 0 fully saturated rings. The molecule has 2 N–H and O–H groups in total. The second-order valence-corrected chi connectivity index (χ2v) is 5.08. The molecule has 1 heterocycles. The first-order valence-corrected chi connectivity index (χ1v) is 7.08. The van der Waals surface area contributed by atoms with Gasteiger partial charge >= 0.3 is 0 Å². The molecule has 2 aromatic rings. The van der Waals surface area contributed by atoms with Crippen molar-refractivity contribution in [2.75, 3.05) is 13.7 Å². The van der Waals surface area contributed by atoms with E-state index in [1.54, 1.807) is 37.6 Å². The van der Waals surface area contributed by atoms with Gasteiger partial charge in [-0.05, 0) is 36.2 Å². The van der Waals surface area contributed by atoms with Gasteiger partial charge < -0.3 is 15.2 Å². The summed E-state index contributed by atoms with van der Waals surface area (Å²) in [7, 11) is 1.59. The van der Waals surface area contributed by atoms with E-state index < -0.39 is 6.10 Å². The van der Waals surface area contributed by atoms with Gasteiger partial charge in [0.2, 0.25) is 5.91 Å². The van der Waals surface area contributed by atoms with Crippen LogP contribution in [-0.4, -0.2) is 29.7 Å². The van der Waals surface area contributed by atoms with Crippen LogP contribution in [0.15, 0.2) is 42.6 Å². The van der Waals surface area contributed by atoms with E-state index in [1.807, 2.05) is 19.1 Å². The lowest BCUT2D eigenvalue weighted by atomic mass is 10.1. The van der Waals surface area contributed by atoms with E-state index in [2.05, 4.69) is 10.3 Å². The van der Waals surface area contributed by atoms with Crippen molar-refractivity contribution >= 4 is 5.91 Å². The van der Waals surface area contributed by atoms with E-state index in [0.29, 0.717) is 0 Å². The number of rotatable bonds is 6. The Morgan fingerprint density at radius 1 is 1.27 bits per heavy atom. The predicted molar refractivity (Wildman–Crippen MR) is 83.6 cm³/mol. The van der Waals surface area contributed by atoms with Crippen molar-refractivity contribution < 1.29 is 14.6 Å². The Labute approximate surface area is 130 Å². The van der Waals surface area contributed by atoms with Crippen molar-refractivity contribution in [1.82, 2.24) is 10.3 Å².